The molecule has 1 N–H and O–H groups in total. The van der Waals surface area contributed by atoms with E-state index in [2.05, 4.69) is 54.8 Å². The Bertz CT molecular complexity index is 870. The molecule has 274 valence electrons. The number of rotatable bonds is 34. The molecule has 0 heterocycles. The van der Waals surface area contributed by atoms with Crippen LogP contribution >= 0.6 is 7.82 Å². The molecule has 0 radical (unpaired) electrons. The molecule has 47 heavy (non-hydrogen) atoms. The zero-order valence-corrected chi connectivity index (χ0v) is 31.1. The Balaban J connectivity index is 4.09. The van der Waals surface area contributed by atoms with Gasteiger partial charge in [0, 0.05) is 20.0 Å². The highest BCUT2D eigenvalue weighted by molar-refractivity contribution is 7.47. The third-order valence-corrected chi connectivity index (χ3v) is 8.84. The average Bonchev–Trinajstić information content (AvgIpc) is 3.06. The van der Waals surface area contributed by atoms with Crippen LogP contribution in [-0.2, 0) is 32.7 Å². The molecule has 0 amide bonds. The molecule has 2 atom stereocenters. The van der Waals surface area contributed by atoms with E-state index in [1.807, 2.05) is 0 Å². The summed E-state index contributed by atoms with van der Waals surface area (Å²) in [6.45, 7) is 3.74. The van der Waals surface area contributed by atoms with Gasteiger partial charge in [0.05, 0.1) is 6.61 Å². The standard InChI is InChI=1S/C38H69O8P/c1-4-6-8-10-12-14-16-18-19-21-22-24-26-28-30-32-37(39)44-34-36(35-45-47(41,42)43-3)46-38(40)33-31-29-27-25-23-20-17-15-13-11-9-7-5-2/h7,9,13,15,20,23,36H,4-6,8,10-12,14,16-19,21-22,24-35H2,1-3H3,(H,41,42)/b9-7-,15-13-,23-20-. The predicted octanol–water partition coefficient (Wildman–Crippen LogP) is 11.3. The van der Waals surface area contributed by atoms with Crippen LogP contribution in [0.25, 0.3) is 0 Å². The summed E-state index contributed by atoms with van der Waals surface area (Å²) in [6.07, 6.45) is 37.7. The Kier molecular flexibility index (Phi) is 32.9. The first-order valence-corrected chi connectivity index (χ1v) is 20.2. The highest BCUT2D eigenvalue weighted by Gasteiger charge is 2.24. The number of hydrogen-bond donors (Lipinski definition) is 1. The van der Waals surface area contributed by atoms with Crippen LogP contribution in [0.5, 0.6) is 0 Å². The van der Waals surface area contributed by atoms with E-state index in [1.165, 1.54) is 77.0 Å². The second-order valence-corrected chi connectivity index (χ2v) is 13.9. The van der Waals surface area contributed by atoms with Gasteiger partial charge >= 0.3 is 19.8 Å². The summed E-state index contributed by atoms with van der Waals surface area (Å²) in [6, 6.07) is 0. The highest BCUT2D eigenvalue weighted by Crippen LogP contribution is 2.42. The number of carbonyl (C=O) groups excluding carboxylic acids is 2. The van der Waals surface area contributed by atoms with Gasteiger partial charge in [-0.1, -0.05) is 147 Å². The quantitative estimate of drug-likeness (QED) is 0.0309. The number of phosphoric acid groups is 1. The number of phosphoric ester groups is 1. The molecule has 2 unspecified atom stereocenters. The van der Waals surface area contributed by atoms with E-state index in [1.54, 1.807) is 0 Å². The Morgan fingerprint density at radius 2 is 1.09 bits per heavy atom. The molecule has 0 spiro atoms. The second-order valence-electron chi connectivity index (χ2n) is 12.3. The lowest BCUT2D eigenvalue weighted by Gasteiger charge is -2.19. The lowest BCUT2D eigenvalue weighted by molar-refractivity contribution is -0.161. The van der Waals surface area contributed by atoms with Crippen LogP contribution < -0.4 is 0 Å². The second kappa shape index (κ2) is 34.1. The summed E-state index contributed by atoms with van der Waals surface area (Å²) in [4.78, 5) is 34.3. The van der Waals surface area contributed by atoms with E-state index in [0.717, 1.165) is 64.9 Å². The van der Waals surface area contributed by atoms with Crippen molar-refractivity contribution in [2.45, 2.75) is 174 Å². The molecule has 0 aliphatic heterocycles. The van der Waals surface area contributed by atoms with Gasteiger partial charge in [-0.3, -0.25) is 18.6 Å². The Morgan fingerprint density at radius 3 is 1.62 bits per heavy atom. The minimum atomic E-state index is -4.26. The van der Waals surface area contributed by atoms with Gasteiger partial charge in [-0.05, 0) is 44.9 Å². The Hall–Kier alpha value is -1.73. The SMILES string of the molecule is CC/C=C\C/C=C\C/C=C\CCCCCC(=O)OC(COC(=O)CCCCCCCCCCCCCCCCC)COP(=O)(O)OC. The van der Waals surface area contributed by atoms with Crippen molar-refractivity contribution in [1.29, 1.82) is 0 Å². The van der Waals surface area contributed by atoms with Crippen molar-refractivity contribution < 1.29 is 37.6 Å². The number of allylic oxidation sites excluding steroid dienone is 6. The summed E-state index contributed by atoms with van der Waals surface area (Å²) in [7, 11) is -3.21. The number of esters is 2. The van der Waals surface area contributed by atoms with Crippen molar-refractivity contribution in [3.8, 4) is 0 Å². The van der Waals surface area contributed by atoms with Crippen LogP contribution in [0.2, 0.25) is 0 Å². The molecule has 0 fully saturated rings. The van der Waals surface area contributed by atoms with Gasteiger partial charge in [-0.15, -0.1) is 0 Å². The Morgan fingerprint density at radius 1 is 0.617 bits per heavy atom. The van der Waals surface area contributed by atoms with E-state index in [4.69, 9.17) is 14.0 Å². The highest BCUT2D eigenvalue weighted by atomic mass is 31.2. The van der Waals surface area contributed by atoms with E-state index >= 15 is 0 Å². The van der Waals surface area contributed by atoms with Gasteiger partial charge < -0.3 is 14.4 Å². The van der Waals surface area contributed by atoms with E-state index in [-0.39, 0.29) is 25.4 Å². The van der Waals surface area contributed by atoms with Crippen LogP contribution in [0.15, 0.2) is 36.5 Å². The molecule has 0 aliphatic carbocycles. The van der Waals surface area contributed by atoms with Gasteiger partial charge in [0.1, 0.15) is 6.61 Å². The molecule has 0 aromatic carbocycles. The largest absolute Gasteiger partial charge is 0.472 e. The molecule has 0 rings (SSSR count). The van der Waals surface area contributed by atoms with Gasteiger partial charge in [0.15, 0.2) is 6.10 Å². The van der Waals surface area contributed by atoms with Crippen molar-refractivity contribution in [3.63, 3.8) is 0 Å². The molecule has 0 aliphatic rings. The molecule has 0 saturated carbocycles. The van der Waals surface area contributed by atoms with Crippen molar-refractivity contribution in [3.05, 3.63) is 36.5 Å². The average molecular weight is 685 g/mol. The van der Waals surface area contributed by atoms with Crippen LogP contribution in [0, 0.1) is 0 Å². The fraction of sp³-hybridized carbons (Fsp3) is 0.789. The number of ether oxygens (including phenoxy) is 2. The summed E-state index contributed by atoms with van der Waals surface area (Å²) in [5.74, 6) is -0.836. The molecule has 0 bridgehead atoms. The van der Waals surface area contributed by atoms with Crippen molar-refractivity contribution in [2.24, 2.45) is 0 Å². The summed E-state index contributed by atoms with van der Waals surface area (Å²) >= 11 is 0. The Labute approximate surface area is 287 Å². The van der Waals surface area contributed by atoms with Crippen molar-refractivity contribution in [1.82, 2.24) is 0 Å². The molecule has 8 nitrogen and oxygen atoms in total. The first-order valence-electron chi connectivity index (χ1n) is 18.7. The normalized spacial score (nSPS) is 13.9. The van der Waals surface area contributed by atoms with E-state index in [0.29, 0.717) is 6.42 Å². The number of carbonyl (C=O) groups is 2. The monoisotopic (exact) mass is 684 g/mol. The lowest BCUT2D eigenvalue weighted by Crippen LogP contribution is -2.29. The number of hydrogen-bond acceptors (Lipinski definition) is 7. The maximum Gasteiger partial charge on any atom is 0.472 e. The fourth-order valence-corrected chi connectivity index (χ4v) is 5.48. The smallest absolute Gasteiger partial charge is 0.462 e. The molecular weight excluding hydrogens is 615 g/mol. The summed E-state index contributed by atoms with van der Waals surface area (Å²) in [5.41, 5.74) is 0. The predicted molar refractivity (Wildman–Crippen MR) is 193 cm³/mol. The van der Waals surface area contributed by atoms with Crippen LogP contribution in [-0.4, -0.2) is 43.3 Å². The van der Waals surface area contributed by atoms with E-state index in [9.17, 15) is 19.0 Å². The number of unbranched alkanes of at least 4 members (excludes halogenated alkanes) is 17. The summed E-state index contributed by atoms with van der Waals surface area (Å²) < 4.78 is 31.8. The van der Waals surface area contributed by atoms with Crippen LogP contribution in [0.3, 0.4) is 0 Å². The lowest BCUT2D eigenvalue weighted by atomic mass is 10.0. The van der Waals surface area contributed by atoms with Crippen LogP contribution in [0.1, 0.15) is 168 Å². The molecular formula is C38H69O8P. The minimum Gasteiger partial charge on any atom is -0.462 e. The zero-order valence-electron chi connectivity index (χ0n) is 30.2. The third kappa shape index (κ3) is 33.9. The van der Waals surface area contributed by atoms with E-state index < -0.39 is 26.5 Å². The van der Waals surface area contributed by atoms with Gasteiger partial charge in [0.25, 0.3) is 0 Å². The maximum atomic E-state index is 12.4. The molecule has 0 saturated heterocycles. The zero-order chi connectivity index (χ0) is 34.7. The first-order chi connectivity index (χ1) is 22.8. The fourth-order valence-electron chi connectivity index (χ4n) is 5.02. The first kappa shape index (κ1) is 45.3. The molecule has 9 heteroatoms. The molecule has 0 aromatic heterocycles. The summed E-state index contributed by atoms with van der Waals surface area (Å²) in [5, 5.41) is 0. The van der Waals surface area contributed by atoms with Crippen molar-refractivity contribution in [2.75, 3.05) is 20.3 Å². The van der Waals surface area contributed by atoms with Gasteiger partial charge in [0.2, 0.25) is 0 Å². The maximum absolute atomic E-state index is 12.4. The van der Waals surface area contributed by atoms with Gasteiger partial charge in [-0.2, -0.15) is 0 Å². The minimum absolute atomic E-state index is 0.211. The van der Waals surface area contributed by atoms with Crippen LogP contribution in [0.4, 0.5) is 0 Å². The van der Waals surface area contributed by atoms with Gasteiger partial charge in [-0.25, -0.2) is 4.57 Å². The third-order valence-electron chi connectivity index (χ3n) is 7.90. The topological polar surface area (TPSA) is 108 Å². The molecule has 0 aromatic rings. The van der Waals surface area contributed by atoms with Crippen molar-refractivity contribution >= 4 is 19.8 Å².